The van der Waals surface area contributed by atoms with Gasteiger partial charge in [-0.2, -0.15) is 10.2 Å². The maximum Gasteiger partial charge on any atom is 0.289 e. The molecular formula is C24H18ClN5O4. The van der Waals surface area contributed by atoms with Gasteiger partial charge in [-0.05, 0) is 35.9 Å². The molecule has 0 aliphatic heterocycles. The van der Waals surface area contributed by atoms with Crippen LogP contribution >= 0.6 is 11.6 Å². The number of nitro groups is 1. The molecule has 1 aromatic heterocycles. The molecule has 0 saturated carbocycles. The number of nitrogens with zero attached hydrogens (tertiary/aromatic N) is 3. The average Bonchev–Trinajstić information content (AvgIpc) is 3.35. The first-order valence-corrected chi connectivity index (χ1v) is 10.5. The maximum absolute atomic E-state index is 12.4. The summed E-state index contributed by atoms with van der Waals surface area (Å²) in [6.07, 6.45) is 1.32. The molecule has 1 heterocycles. The van der Waals surface area contributed by atoms with Crippen molar-refractivity contribution in [2.45, 2.75) is 6.61 Å². The smallest absolute Gasteiger partial charge is 0.289 e. The van der Waals surface area contributed by atoms with E-state index in [2.05, 4.69) is 20.7 Å². The Hall–Kier alpha value is -4.50. The van der Waals surface area contributed by atoms with Crippen LogP contribution in [0.3, 0.4) is 0 Å². The number of nitro benzene ring substituents is 1. The van der Waals surface area contributed by atoms with Crippen LogP contribution in [-0.4, -0.2) is 27.2 Å². The lowest BCUT2D eigenvalue weighted by molar-refractivity contribution is -0.384. The molecule has 0 aliphatic carbocycles. The second-order valence-corrected chi connectivity index (χ2v) is 7.60. The summed E-state index contributed by atoms with van der Waals surface area (Å²) in [6.45, 7) is 0.386. The Morgan fingerprint density at radius 2 is 1.91 bits per heavy atom. The van der Waals surface area contributed by atoms with Crippen LogP contribution in [0.25, 0.3) is 11.3 Å². The Kier molecular flexibility index (Phi) is 6.95. The van der Waals surface area contributed by atoms with Gasteiger partial charge in [0.1, 0.15) is 18.1 Å². The van der Waals surface area contributed by atoms with Gasteiger partial charge in [0.2, 0.25) is 0 Å². The maximum atomic E-state index is 12.4. The minimum absolute atomic E-state index is 0.0622. The highest BCUT2D eigenvalue weighted by atomic mass is 35.5. The lowest BCUT2D eigenvalue weighted by atomic mass is 10.1. The third-order valence-corrected chi connectivity index (χ3v) is 4.98. The van der Waals surface area contributed by atoms with Crippen LogP contribution in [0.15, 0.2) is 84.0 Å². The second-order valence-electron chi connectivity index (χ2n) is 7.16. The first-order chi connectivity index (χ1) is 16.5. The molecular weight excluding hydrogens is 458 g/mol. The van der Waals surface area contributed by atoms with Crippen molar-refractivity contribution < 1.29 is 14.5 Å². The Balaban J connectivity index is 1.38. The quantitative estimate of drug-likeness (QED) is 0.211. The first kappa shape index (κ1) is 22.7. The number of aromatic amines is 1. The normalized spacial score (nSPS) is 10.9. The van der Waals surface area contributed by atoms with Gasteiger partial charge in [0, 0.05) is 28.3 Å². The van der Waals surface area contributed by atoms with Crippen molar-refractivity contribution in [1.82, 2.24) is 15.6 Å². The molecule has 3 aromatic carbocycles. The number of ether oxygens (including phenoxy) is 1. The van der Waals surface area contributed by atoms with Crippen LogP contribution in [-0.2, 0) is 6.61 Å². The summed E-state index contributed by atoms with van der Waals surface area (Å²) in [5.74, 6) is 0.151. The van der Waals surface area contributed by atoms with E-state index >= 15 is 0 Å². The van der Waals surface area contributed by atoms with E-state index in [4.69, 9.17) is 16.3 Å². The van der Waals surface area contributed by atoms with Gasteiger partial charge in [0.25, 0.3) is 11.6 Å². The molecule has 4 rings (SSSR count). The highest BCUT2D eigenvalue weighted by molar-refractivity contribution is 6.30. The fraction of sp³-hybridized carbons (Fsp3) is 0.0417. The zero-order valence-corrected chi connectivity index (χ0v) is 18.4. The predicted molar refractivity (Wildman–Crippen MR) is 128 cm³/mol. The Bertz CT molecular complexity index is 1350. The molecule has 0 bridgehead atoms. The summed E-state index contributed by atoms with van der Waals surface area (Å²) in [5.41, 5.74) is 5.31. The van der Waals surface area contributed by atoms with Crippen molar-refractivity contribution in [1.29, 1.82) is 0 Å². The van der Waals surface area contributed by atoms with Crippen LogP contribution < -0.4 is 10.2 Å². The zero-order chi connectivity index (χ0) is 23.9. The summed E-state index contributed by atoms with van der Waals surface area (Å²) < 4.78 is 5.85. The molecule has 1 amide bonds. The van der Waals surface area contributed by atoms with Crippen molar-refractivity contribution in [2.75, 3.05) is 0 Å². The Labute approximate surface area is 199 Å². The number of rotatable bonds is 8. The SMILES string of the molecule is O=C(N/N=C\c1cccc([N+](=O)[O-])c1)c1cc(-c2cccc(OCc3ccc(Cl)cc3)c2)n[nH]1. The number of H-pyrrole nitrogens is 1. The minimum atomic E-state index is -0.504. The van der Waals surface area contributed by atoms with Gasteiger partial charge in [-0.1, -0.05) is 48.0 Å². The molecule has 0 atom stereocenters. The Morgan fingerprint density at radius 3 is 2.71 bits per heavy atom. The Morgan fingerprint density at radius 1 is 1.12 bits per heavy atom. The van der Waals surface area contributed by atoms with Crippen LogP contribution in [0.4, 0.5) is 5.69 Å². The molecule has 0 unspecified atom stereocenters. The fourth-order valence-electron chi connectivity index (χ4n) is 3.02. The second kappa shape index (κ2) is 10.4. The predicted octanol–water partition coefficient (Wildman–Crippen LogP) is 4.98. The van der Waals surface area contributed by atoms with E-state index in [0.29, 0.717) is 28.6 Å². The molecule has 34 heavy (non-hydrogen) atoms. The summed E-state index contributed by atoms with van der Waals surface area (Å²) in [4.78, 5) is 22.7. The lowest BCUT2D eigenvalue weighted by Gasteiger charge is -2.07. The van der Waals surface area contributed by atoms with Crippen LogP contribution in [0.2, 0.25) is 5.02 Å². The number of non-ortho nitro benzene ring substituents is 1. The third-order valence-electron chi connectivity index (χ3n) is 4.73. The number of hydrogen-bond donors (Lipinski definition) is 2. The fourth-order valence-corrected chi connectivity index (χ4v) is 3.15. The van der Waals surface area contributed by atoms with Gasteiger partial charge >= 0.3 is 0 Å². The van der Waals surface area contributed by atoms with Crippen LogP contribution in [0.1, 0.15) is 21.6 Å². The molecule has 4 aromatic rings. The van der Waals surface area contributed by atoms with Gasteiger partial charge < -0.3 is 4.74 Å². The number of carbonyl (C=O) groups is 1. The highest BCUT2D eigenvalue weighted by Crippen LogP contribution is 2.24. The van der Waals surface area contributed by atoms with Gasteiger partial charge in [-0.3, -0.25) is 20.0 Å². The first-order valence-electron chi connectivity index (χ1n) is 10.1. The number of halogens is 1. The lowest BCUT2D eigenvalue weighted by Crippen LogP contribution is -2.18. The topological polar surface area (TPSA) is 123 Å². The number of aromatic nitrogens is 2. The largest absolute Gasteiger partial charge is 0.489 e. The van der Waals surface area contributed by atoms with E-state index < -0.39 is 10.8 Å². The average molecular weight is 476 g/mol. The number of nitrogens with one attached hydrogen (secondary N) is 2. The van der Waals surface area contributed by atoms with Crippen molar-refractivity contribution in [3.05, 3.63) is 111 Å². The number of carbonyl (C=O) groups excluding carboxylic acids is 1. The number of amides is 1. The molecule has 2 N–H and O–H groups in total. The standard InChI is InChI=1S/C24H18ClN5O4/c25-19-9-7-16(8-10-19)15-34-21-6-2-4-18(12-21)22-13-23(28-27-22)24(31)29-26-14-17-3-1-5-20(11-17)30(32)33/h1-14H,15H2,(H,27,28)(H,29,31)/b26-14-. The molecule has 0 aliphatic rings. The molecule has 170 valence electrons. The summed E-state index contributed by atoms with van der Waals surface area (Å²) >= 11 is 5.90. The molecule has 10 heteroatoms. The monoisotopic (exact) mass is 475 g/mol. The number of hydrazone groups is 1. The van der Waals surface area contributed by atoms with E-state index in [-0.39, 0.29) is 11.4 Å². The van der Waals surface area contributed by atoms with E-state index in [9.17, 15) is 14.9 Å². The summed E-state index contributed by atoms with van der Waals surface area (Å²) in [5, 5.41) is 22.2. The van der Waals surface area contributed by atoms with E-state index in [1.54, 1.807) is 24.3 Å². The van der Waals surface area contributed by atoms with E-state index in [0.717, 1.165) is 11.1 Å². The minimum Gasteiger partial charge on any atom is -0.489 e. The van der Waals surface area contributed by atoms with Gasteiger partial charge in [-0.15, -0.1) is 0 Å². The van der Waals surface area contributed by atoms with Gasteiger partial charge in [0.15, 0.2) is 0 Å². The summed E-state index contributed by atoms with van der Waals surface area (Å²) in [7, 11) is 0. The van der Waals surface area contributed by atoms with Crippen molar-refractivity contribution in [3.63, 3.8) is 0 Å². The van der Waals surface area contributed by atoms with Gasteiger partial charge in [-0.25, -0.2) is 5.43 Å². The summed E-state index contributed by atoms with van der Waals surface area (Å²) in [6, 6.07) is 22.3. The highest BCUT2D eigenvalue weighted by Gasteiger charge is 2.11. The number of hydrogen-bond acceptors (Lipinski definition) is 6. The van der Waals surface area contributed by atoms with Crippen molar-refractivity contribution in [3.8, 4) is 17.0 Å². The molecule has 0 spiro atoms. The molecule has 9 nitrogen and oxygen atoms in total. The van der Waals surface area contributed by atoms with E-state index in [1.165, 1.54) is 24.4 Å². The molecule has 0 radical (unpaired) electrons. The van der Waals surface area contributed by atoms with Gasteiger partial charge in [0.05, 0.1) is 16.8 Å². The molecule has 0 fully saturated rings. The van der Waals surface area contributed by atoms with Crippen molar-refractivity contribution in [2.24, 2.45) is 5.10 Å². The molecule has 0 saturated heterocycles. The number of benzene rings is 3. The zero-order valence-electron chi connectivity index (χ0n) is 17.6. The third kappa shape index (κ3) is 5.84. The van der Waals surface area contributed by atoms with Crippen molar-refractivity contribution >= 4 is 29.4 Å². The van der Waals surface area contributed by atoms with E-state index in [1.807, 2.05) is 36.4 Å². The van der Waals surface area contributed by atoms with Crippen LogP contribution in [0.5, 0.6) is 5.75 Å². The van der Waals surface area contributed by atoms with Crippen LogP contribution in [0, 0.1) is 10.1 Å².